The number of rotatable bonds is 8. The van der Waals surface area contributed by atoms with Gasteiger partial charge in [-0.3, -0.25) is 0 Å². The number of para-hydroxylation sites is 2. The lowest BCUT2D eigenvalue weighted by molar-refractivity contribution is 1.07. The fourth-order valence-electron chi connectivity index (χ4n) is 8.16. The van der Waals surface area contributed by atoms with E-state index in [0.29, 0.717) is 28.4 Å². The first kappa shape index (κ1) is 31.7. The topological polar surface area (TPSA) is 43.6 Å². The molecule has 0 amide bonds. The molecule has 61 heavy (non-hydrogen) atoms. The van der Waals surface area contributed by atoms with Crippen molar-refractivity contribution < 1.29 is 5.48 Å². The molecule has 0 saturated heterocycles. The van der Waals surface area contributed by atoms with Crippen molar-refractivity contribution in [3.8, 4) is 84.4 Å². The standard InChI is InChI=1S/C57H38N4/c1-4-14-39(15-5-1)41-26-30-44(31-27-41)50-23-13-24-52-51-22-10-11-25-53(51)61(54(50)52)49-36-34-43(35-37-49)47-20-12-21-48(38-47)57-59-55(45-18-8-3-9-19-45)58-56(60-57)46-32-28-42(29-33-46)40-16-6-2-7-17-40/h1-38H/i10D,11D,22D,25D. The quantitative estimate of drug-likeness (QED) is 0.154. The van der Waals surface area contributed by atoms with Gasteiger partial charge >= 0.3 is 0 Å². The first-order valence-corrected chi connectivity index (χ1v) is 20.3. The van der Waals surface area contributed by atoms with E-state index in [4.69, 9.17) is 19.1 Å². The van der Waals surface area contributed by atoms with Crippen molar-refractivity contribution in [2.75, 3.05) is 0 Å². The summed E-state index contributed by atoms with van der Waals surface area (Å²) in [5.74, 6) is 1.73. The number of fused-ring (bicyclic) bond motifs is 3. The average Bonchev–Trinajstić information content (AvgIpc) is 3.74. The molecule has 0 aliphatic heterocycles. The molecule has 11 rings (SSSR count). The van der Waals surface area contributed by atoms with E-state index in [-0.39, 0.29) is 24.2 Å². The van der Waals surface area contributed by atoms with Crippen molar-refractivity contribution in [2.24, 2.45) is 0 Å². The molecular weight excluding hydrogens is 741 g/mol. The average molecular weight is 783 g/mol. The van der Waals surface area contributed by atoms with E-state index in [9.17, 15) is 1.37 Å². The van der Waals surface area contributed by atoms with E-state index in [2.05, 4.69) is 103 Å². The summed E-state index contributed by atoms with van der Waals surface area (Å²) < 4.78 is 37.6. The zero-order chi connectivity index (χ0) is 44.0. The van der Waals surface area contributed by atoms with Gasteiger partial charge in [0, 0.05) is 38.7 Å². The van der Waals surface area contributed by atoms with Crippen LogP contribution in [0.5, 0.6) is 0 Å². The SMILES string of the molecule is [2H]c1c([2H])c([2H])c2c(c1[2H])c1cccc(-c3ccc(-c4ccccc4)cc3)c1n2-c1ccc(-c2cccc(-c3nc(-c4ccccc4)nc(-c4ccc(-c5ccccc5)cc4)n3)c2)cc1. The maximum absolute atomic E-state index is 9.19. The minimum absolute atomic E-state index is 0.0594. The Balaban J connectivity index is 1.00. The van der Waals surface area contributed by atoms with Gasteiger partial charge < -0.3 is 4.57 Å². The Kier molecular flexibility index (Phi) is 8.07. The molecule has 0 unspecified atom stereocenters. The summed E-state index contributed by atoms with van der Waals surface area (Å²) in [7, 11) is 0. The van der Waals surface area contributed by atoms with Gasteiger partial charge in [0.1, 0.15) is 0 Å². The zero-order valence-electron chi connectivity index (χ0n) is 36.9. The third-order valence-electron chi connectivity index (χ3n) is 11.2. The predicted octanol–water partition coefficient (Wildman–Crippen LogP) is 14.6. The van der Waals surface area contributed by atoms with Gasteiger partial charge in [0.2, 0.25) is 0 Å². The molecule has 286 valence electrons. The maximum Gasteiger partial charge on any atom is 0.164 e. The van der Waals surface area contributed by atoms with E-state index in [1.807, 2.05) is 108 Å². The highest BCUT2D eigenvalue weighted by Gasteiger charge is 2.18. The van der Waals surface area contributed by atoms with Crippen LogP contribution >= 0.6 is 0 Å². The van der Waals surface area contributed by atoms with Crippen LogP contribution < -0.4 is 0 Å². The Bertz CT molecular complexity index is 3540. The minimum Gasteiger partial charge on any atom is -0.309 e. The molecule has 4 heteroatoms. The van der Waals surface area contributed by atoms with Gasteiger partial charge in [-0.25, -0.2) is 15.0 Å². The summed E-state index contributed by atoms with van der Waals surface area (Å²) in [6, 6.07) is 68.9. The molecule has 0 aliphatic rings. The Labute approximate surface area is 360 Å². The smallest absolute Gasteiger partial charge is 0.164 e. The first-order valence-electron chi connectivity index (χ1n) is 22.3. The Morgan fingerprint density at radius 3 is 1.38 bits per heavy atom. The highest BCUT2D eigenvalue weighted by Crippen LogP contribution is 2.39. The Morgan fingerprint density at radius 2 is 0.754 bits per heavy atom. The summed E-state index contributed by atoms with van der Waals surface area (Å²) in [6.07, 6.45) is 0. The molecule has 4 nitrogen and oxygen atoms in total. The molecule has 0 spiro atoms. The summed E-state index contributed by atoms with van der Waals surface area (Å²) in [4.78, 5) is 15.0. The third-order valence-corrected chi connectivity index (χ3v) is 11.2. The second-order valence-electron chi connectivity index (χ2n) is 14.9. The Morgan fingerprint density at radius 1 is 0.328 bits per heavy atom. The highest BCUT2D eigenvalue weighted by atomic mass is 15.0. The van der Waals surface area contributed by atoms with Crippen LogP contribution in [0.2, 0.25) is 0 Å². The molecule has 0 fully saturated rings. The van der Waals surface area contributed by atoms with Crippen molar-refractivity contribution >= 4 is 21.8 Å². The van der Waals surface area contributed by atoms with Crippen molar-refractivity contribution in [3.63, 3.8) is 0 Å². The summed E-state index contributed by atoms with van der Waals surface area (Å²) in [5.41, 5.74) is 13.0. The largest absolute Gasteiger partial charge is 0.309 e. The number of benzene rings is 9. The fourth-order valence-corrected chi connectivity index (χ4v) is 8.16. The fraction of sp³-hybridized carbons (Fsp3) is 0. The van der Waals surface area contributed by atoms with Crippen LogP contribution in [0.15, 0.2) is 230 Å². The van der Waals surface area contributed by atoms with Crippen LogP contribution in [0, 0.1) is 0 Å². The normalized spacial score (nSPS) is 12.2. The van der Waals surface area contributed by atoms with Gasteiger partial charge in [0.15, 0.2) is 17.5 Å². The van der Waals surface area contributed by atoms with Crippen LogP contribution in [-0.4, -0.2) is 19.5 Å². The molecule has 0 atom stereocenters. The molecule has 0 N–H and O–H groups in total. The highest BCUT2D eigenvalue weighted by molar-refractivity contribution is 6.13. The minimum atomic E-state index is -0.269. The number of hydrogen-bond donors (Lipinski definition) is 0. The van der Waals surface area contributed by atoms with Crippen LogP contribution in [0.3, 0.4) is 0 Å². The molecular formula is C57H38N4. The van der Waals surface area contributed by atoms with Crippen molar-refractivity contribution in [3.05, 3.63) is 230 Å². The van der Waals surface area contributed by atoms with Gasteiger partial charge in [-0.2, -0.15) is 0 Å². The first-order chi connectivity index (χ1) is 31.9. The van der Waals surface area contributed by atoms with Crippen LogP contribution in [0.25, 0.3) is 106 Å². The monoisotopic (exact) mass is 782 g/mol. The van der Waals surface area contributed by atoms with E-state index >= 15 is 0 Å². The van der Waals surface area contributed by atoms with Gasteiger partial charge in [0.25, 0.3) is 0 Å². The van der Waals surface area contributed by atoms with Gasteiger partial charge in [-0.05, 0) is 63.2 Å². The second kappa shape index (κ2) is 15.5. The molecule has 0 bridgehead atoms. The molecule has 2 aromatic heterocycles. The zero-order valence-corrected chi connectivity index (χ0v) is 32.9. The van der Waals surface area contributed by atoms with E-state index in [1.165, 1.54) is 0 Å². The van der Waals surface area contributed by atoms with Crippen molar-refractivity contribution in [1.29, 1.82) is 0 Å². The van der Waals surface area contributed by atoms with E-state index < -0.39 is 0 Å². The summed E-state index contributed by atoms with van der Waals surface area (Å²) in [5, 5.41) is 1.25. The van der Waals surface area contributed by atoms with Crippen molar-refractivity contribution in [2.45, 2.75) is 0 Å². The summed E-state index contributed by atoms with van der Waals surface area (Å²) in [6.45, 7) is 0. The summed E-state index contributed by atoms with van der Waals surface area (Å²) >= 11 is 0. The lowest BCUT2D eigenvalue weighted by atomic mass is 9.98. The van der Waals surface area contributed by atoms with Crippen molar-refractivity contribution in [1.82, 2.24) is 19.5 Å². The Hall–Kier alpha value is -8.21. The van der Waals surface area contributed by atoms with Gasteiger partial charge in [-0.15, -0.1) is 0 Å². The van der Waals surface area contributed by atoms with E-state index in [0.717, 1.165) is 77.8 Å². The lowest BCUT2D eigenvalue weighted by Gasteiger charge is -2.13. The number of aromatic nitrogens is 4. The number of nitrogens with zero attached hydrogens (tertiary/aromatic N) is 4. The molecule has 9 aromatic carbocycles. The van der Waals surface area contributed by atoms with Crippen LogP contribution in [-0.2, 0) is 0 Å². The predicted molar refractivity (Wildman–Crippen MR) is 252 cm³/mol. The van der Waals surface area contributed by atoms with Gasteiger partial charge in [-0.1, -0.05) is 206 Å². The third kappa shape index (κ3) is 6.86. The van der Waals surface area contributed by atoms with E-state index in [1.54, 1.807) is 0 Å². The van der Waals surface area contributed by atoms with Gasteiger partial charge in [0.05, 0.1) is 16.5 Å². The maximum atomic E-state index is 9.19. The molecule has 0 radical (unpaired) electrons. The van der Waals surface area contributed by atoms with Crippen LogP contribution in [0.1, 0.15) is 5.48 Å². The molecule has 11 aromatic rings. The molecule has 2 heterocycles. The van der Waals surface area contributed by atoms with Crippen LogP contribution in [0.4, 0.5) is 0 Å². The second-order valence-corrected chi connectivity index (χ2v) is 14.9. The molecule has 0 saturated carbocycles. The molecule has 0 aliphatic carbocycles. The lowest BCUT2D eigenvalue weighted by Crippen LogP contribution is -2.00. The number of hydrogen-bond acceptors (Lipinski definition) is 3.